The van der Waals surface area contributed by atoms with Gasteiger partial charge in [0.25, 0.3) is 0 Å². The van der Waals surface area contributed by atoms with Gasteiger partial charge in [0, 0.05) is 18.4 Å². The van der Waals surface area contributed by atoms with Gasteiger partial charge in [0.15, 0.2) is 5.79 Å². The Bertz CT molecular complexity index is 225. The summed E-state index contributed by atoms with van der Waals surface area (Å²) in [6.07, 6.45) is 5.83. The molecule has 1 unspecified atom stereocenters. The summed E-state index contributed by atoms with van der Waals surface area (Å²) in [5, 5.41) is 0. The van der Waals surface area contributed by atoms with Crippen LogP contribution in [0.3, 0.4) is 0 Å². The molecule has 0 aromatic heterocycles. The largest absolute Gasteiger partial charge is 0.347 e. The molecule has 1 aliphatic heterocycles. The number of hydrogen-bond donors (Lipinski definition) is 1. The Labute approximate surface area is 84.9 Å². The van der Waals surface area contributed by atoms with Crippen LogP contribution in [0.15, 0.2) is 0 Å². The predicted molar refractivity (Wildman–Crippen MR) is 52.7 cm³/mol. The molecule has 3 atom stereocenters. The lowest BCUT2D eigenvalue weighted by atomic mass is 9.67. The smallest absolute Gasteiger partial charge is 0.171 e. The minimum absolute atomic E-state index is 0.198. The Kier molecular flexibility index (Phi) is 2.08. The third kappa shape index (κ3) is 1.23. The van der Waals surface area contributed by atoms with Crippen molar-refractivity contribution in [3.63, 3.8) is 0 Å². The average Bonchev–Trinajstić information content (AvgIpc) is 2.66. The van der Waals surface area contributed by atoms with Crippen molar-refractivity contribution < 1.29 is 9.47 Å². The third-order valence-electron chi connectivity index (χ3n) is 4.30. The number of fused-ring (bicyclic) bond motifs is 3. The molecule has 0 aromatic rings. The van der Waals surface area contributed by atoms with Gasteiger partial charge in [-0.25, -0.2) is 0 Å². The summed E-state index contributed by atoms with van der Waals surface area (Å²) in [5.41, 5.74) is 6.09. The summed E-state index contributed by atoms with van der Waals surface area (Å²) in [6.45, 7) is 1.57. The molecule has 3 rings (SSSR count). The number of nitrogens with two attached hydrogens (primary N) is 1. The Hall–Kier alpha value is -0.120. The van der Waals surface area contributed by atoms with Crippen molar-refractivity contribution in [2.75, 3.05) is 13.2 Å². The van der Waals surface area contributed by atoms with Crippen molar-refractivity contribution in [3.8, 4) is 0 Å². The Morgan fingerprint density at radius 3 is 2.64 bits per heavy atom. The minimum Gasteiger partial charge on any atom is -0.347 e. The van der Waals surface area contributed by atoms with Crippen LogP contribution in [0.5, 0.6) is 0 Å². The van der Waals surface area contributed by atoms with Gasteiger partial charge < -0.3 is 15.2 Å². The summed E-state index contributed by atoms with van der Waals surface area (Å²) < 4.78 is 11.7. The molecular weight excluding hydrogens is 178 g/mol. The lowest BCUT2D eigenvalue weighted by molar-refractivity contribution is -0.227. The van der Waals surface area contributed by atoms with Gasteiger partial charge in [-0.2, -0.15) is 0 Å². The van der Waals surface area contributed by atoms with Crippen molar-refractivity contribution in [2.45, 2.75) is 43.9 Å². The van der Waals surface area contributed by atoms with E-state index in [1.165, 1.54) is 19.3 Å². The Morgan fingerprint density at radius 2 is 1.86 bits per heavy atom. The van der Waals surface area contributed by atoms with E-state index in [0.29, 0.717) is 12.0 Å². The quantitative estimate of drug-likeness (QED) is 0.636. The highest BCUT2D eigenvalue weighted by Crippen LogP contribution is 2.48. The van der Waals surface area contributed by atoms with Crippen LogP contribution in [0, 0.1) is 11.8 Å². The van der Waals surface area contributed by atoms with Gasteiger partial charge in [0.2, 0.25) is 0 Å². The highest BCUT2D eigenvalue weighted by molar-refractivity contribution is 4.96. The molecule has 0 amide bonds. The monoisotopic (exact) mass is 197 g/mol. The standard InChI is InChI=1S/C11H19NO2/c12-10-2-1-9-7-8(10)3-4-11(9)13-5-6-14-11/h8-10H,1-7,12H2/t8-,9-,10?/m1/s1. The van der Waals surface area contributed by atoms with Crippen LogP contribution >= 0.6 is 0 Å². The topological polar surface area (TPSA) is 44.5 Å². The summed E-state index contributed by atoms with van der Waals surface area (Å²) in [7, 11) is 0. The van der Waals surface area contributed by atoms with Gasteiger partial charge in [0.05, 0.1) is 13.2 Å². The van der Waals surface area contributed by atoms with E-state index in [0.717, 1.165) is 32.0 Å². The second kappa shape index (κ2) is 3.19. The van der Waals surface area contributed by atoms with Crippen LogP contribution in [0.4, 0.5) is 0 Å². The fourth-order valence-corrected chi connectivity index (χ4v) is 3.46. The molecule has 1 saturated heterocycles. The highest BCUT2D eigenvalue weighted by Gasteiger charge is 2.50. The zero-order valence-electron chi connectivity index (χ0n) is 8.58. The molecule has 2 N–H and O–H groups in total. The van der Waals surface area contributed by atoms with Gasteiger partial charge in [-0.15, -0.1) is 0 Å². The van der Waals surface area contributed by atoms with E-state index >= 15 is 0 Å². The van der Waals surface area contributed by atoms with E-state index in [1.807, 2.05) is 0 Å². The van der Waals surface area contributed by atoms with Crippen LogP contribution in [0.25, 0.3) is 0 Å². The molecule has 3 heteroatoms. The van der Waals surface area contributed by atoms with Crippen LogP contribution in [-0.4, -0.2) is 25.0 Å². The second-order valence-electron chi connectivity index (χ2n) is 4.98. The third-order valence-corrected chi connectivity index (χ3v) is 4.30. The van der Waals surface area contributed by atoms with E-state index in [9.17, 15) is 0 Å². The molecule has 2 aliphatic carbocycles. The molecule has 2 bridgehead atoms. The van der Waals surface area contributed by atoms with Crippen LogP contribution < -0.4 is 5.73 Å². The second-order valence-corrected chi connectivity index (χ2v) is 4.98. The van der Waals surface area contributed by atoms with Crippen LogP contribution in [0.1, 0.15) is 32.1 Å². The van der Waals surface area contributed by atoms with Crippen molar-refractivity contribution in [1.82, 2.24) is 0 Å². The van der Waals surface area contributed by atoms with Gasteiger partial charge in [-0.05, 0) is 31.6 Å². The Morgan fingerprint density at radius 1 is 1.07 bits per heavy atom. The first-order chi connectivity index (χ1) is 6.80. The Balaban J connectivity index is 1.79. The first kappa shape index (κ1) is 9.13. The predicted octanol–water partition coefficient (Wildman–Crippen LogP) is 1.27. The first-order valence-corrected chi connectivity index (χ1v) is 5.84. The minimum atomic E-state index is -0.198. The van der Waals surface area contributed by atoms with Crippen molar-refractivity contribution in [1.29, 1.82) is 0 Å². The highest BCUT2D eigenvalue weighted by atomic mass is 16.7. The summed E-state index contributed by atoms with van der Waals surface area (Å²) in [5.74, 6) is 1.15. The molecule has 3 fully saturated rings. The van der Waals surface area contributed by atoms with E-state index in [-0.39, 0.29) is 5.79 Å². The molecule has 3 aliphatic rings. The SMILES string of the molecule is NC1CC[C@@H]2C[C@H]1CCC21OCCO1. The van der Waals surface area contributed by atoms with Gasteiger partial charge >= 0.3 is 0 Å². The number of hydrogen-bond acceptors (Lipinski definition) is 3. The maximum atomic E-state index is 6.09. The molecule has 14 heavy (non-hydrogen) atoms. The fraction of sp³-hybridized carbons (Fsp3) is 1.00. The molecule has 2 saturated carbocycles. The molecule has 1 heterocycles. The number of rotatable bonds is 0. The summed E-state index contributed by atoms with van der Waals surface area (Å²) in [6, 6.07) is 0.435. The normalized spacial score (nSPS) is 45.6. The maximum Gasteiger partial charge on any atom is 0.171 e. The zero-order chi connectivity index (χ0) is 9.60. The molecular formula is C11H19NO2. The molecule has 0 radical (unpaired) electrons. The summed E-state index contributed by atoms with van der Waals surface area (Å²) in [4.78, 5) is 0. The fourth-order valence-electron chi connectivity index (χ4n) is 3.46. The van der Waals surface area contributed by atoms with E-state index in [4.69, 9.17) is 15.2 Å². The molecule has 3 nitrogen and oxygen atoms in total. The lowest BCUT2D eigenvalue weighted by Gasteiger charge is -2.47. The van der Waals surface area contributed by atoms with Crippen molar-refractivity contribution in [2.24, 2.45) is 17.6 Å². The zero-order valence-corrected chi connectivity index (χ0v) is 8.58. The van der Waals surface area contributed by atoms with Crippen molar-refractivity contribution in [3.05, 3.63) is 0 Å². The van der Waals surface area contributed by atoms with E-state index < -0.39 is 0 Å². The average molecular weight is 197 g/mol. The molecule has 1 spiro atoms. The maximum absolute atomic E-state index is 6.09. The van der Waals surface area contributed by atoms with Gasteiger partial charge in [-0.1, -0.05) is 0 Å². The van der Waals surface area contributed by atoms with Gasteiger partial charge in [-0.3, -0.25) is 0 Å². The molecule has 0 aromatic carbocycles. The first-order valence-electron chi connectivity index (χ1n) is 5.84. The van der Waals surface area contributed by atoms with E-state index in [2.05, 4.69) is 0 Å². The van der Waals surface area contributed by atoms with Crippen molar-refractivity contribution >= 4 is 0 Å². The summed E-state index contributed by atoms with van der Waals surface area (Å²) >= 11 is 0. The van der Waals surface area contributed by atoms with Gasteiger partial charge in [0.1, 0.15) is 0 Å². The number of ether oxygens (including phenoxy) is 2. The van der Waals surface area contributed by atoms with Crippen LogP contribution in [0.2, 0.25) is 0 Å². The van der Waals surface area contributed by atoms with Crippen LogP contribution in [-0.2, 0) is 9.47 Å². The van der Waals surface area contributed by atoms with E-state index in [1.54, 1.807) is 0 Å². The molecule has 80 valence electrons. The lowest BCUT2D eigenvalue weighted by Crippen LogP contribution is -2.51.